The van der Waals surface area contributed by atoms with Crippen molar-refractivity contribution >= 4 is 5.91 Å². The molecule has 2 atom stereocenters. The van der Waals surface area contributed by atoms with Gasteiger partial charge in [0.1, 0.15) is 0 Å². The minimum atomic E-state index is -0.00891. The summed E-state index contributed by atoms with van der Waals surface area (Å²) < 4.78 is 5.65. The molecule has 1 aliphatic carbocycles. The Morgan fingerprint density at radius 3 is 2.67 bits per heavy atom. The first-order valence-electron chi connectivity index (χ1n) is 8.77. The van der Waals surface area contributed by atoms with E-state index in [0.29, 0.717) is 19.1 Å². The van der Waals surface area contributed by atoms with Crippen molar-refractivity contribution in [2.45, 2.75) is 70.9 Å². The number of nitrogens with zero attached hydrogens (tertiary/aromatic N) is 1. The largest absolute Gasteiger partial charge is 0.373 e. The van der Waals surface area contributed by atoms with E-state index in [1.54, 1.807) is 0 Å². The molecule has 2 aliphatic rings. The van der Waals surface area contributed by atoms with Gasteiger partial charge in [-0.15, -0.1) is 0 Å². The number of carbonyl (C=O) groups is 1. The van der Waals surface area contributed by atoms with Crippen LogP contribution in [0.25, 0.3) is 0 Å². The van der Waals surface area contributed by atoms with Crippen molar-refractivity contribution in [1.29, 1.82) is 0 Å². The van der Waals surface area contributed by atoms with E-state index in [0.717, 1.165) is 25.3 Å². The molecule has 2 fully saturated rings. The molecule has 0 bridgehead atoms. The fourth-order valence-electron chi connectivity index (χ4n) is 3.64. The molecule has 122 valence electrons. The van der Waals surface area contributed by atoms with Gasteiger partial charge in [0, 0.05) is 25.0 Å². The van der Waals surface area contributed by atoms with Crippen molar-refractivity contribution in [3.05, 3.63) is 0 Å². The Labute approximate surface area is 129 Å². The number of amides is 1. The maximum atomic E-state index is 12.7. The van der Waals surface area contributed by atoms with Gasteiger partial charge >= 0.3 is 0 Å². The molecule has 1 aliphatic heterocycles. The Kier molecular flexibility index (Phi) is 6.49. The van der Waals surface area contributed by atoms with Crippen LogP contribution in [0.2, 0.25) is 0 Å². The van der Waals surface area contributed by atoms with E-state index >= 15 is 0 Å². The summed E-state index contributed by atoms with van der Waals surface area (Å²) >= 11 is 0. The maximum Gasteiger partial charge on any atom is 0.225 e. The minimum Gasteiger partial charge on any atom is -0.373 e. The van der Waals surface area contributed by atoms with Crippen LogP contribution in [0.5, 0.6) is 0 Å². The molecule has 1 saturated heterocycles. The van der Waals surface area contributed by atoms with E-state index < -0.39 is 0 Å². The third-order valence-corrected chi connectivity index (χ3v) is 5.15. The molecule has 21 heavy (non-hydrogen) atoms. The van der Waals surface area contributed by atoms with E-state index in [1.807, 2.05) is 11.8 Å². The Balaban J connectivity index is 1.78. The topological polar surface area (TPSA) is 55.6 Å². The summed E-state index contributed by atoms with van der Waals surface area (Å²) in [5.41, 5.74) is 5.91. The Morgan fingerprint density at radius 1 is 1.33 bits per heavy atom. The number of rotatable bonds is 5. The van der Waals surface area contributed by atoms with Crippen LogP contribution >= 0.6 is 0 Å². The predicted molar refractivity (Wildman–Crippen MR) is 84.9 cm³/mol. The Hall–Kier alpha value is -0.610. The second-order valence-corrected chi connectivity index (χ2v) is 6.91. The number of hydrogen-bond acceptors (Lipinski definition) is 3. The molecule has 1 saturated carbocycles. The summed E-state index contributed by atoms with van der Waals surface area (Å²) in [5, 5.41) is 0. The summed E-state index contributed by atoms with van der Waals surface area (Å²) in [6, 6.07) is -0.00891. The summed E-state index contributed by atoms with van der Waals surface area (Å²) in [6.45, 7) is 6.24. The first kappa shape index (κ1) is 16.8. The number of carbonyl (C=O) groups excluding carboxylic acids is 1. The smallest absolute Gasteiger partial charge is 0.225 e. The second kappa shape index (κ2) is 8.14. The van der Waals surface area contributed by atoms with Crippen LogP contribution in [0.3, 0.4) is 0 Å². The SMILES string of the molecule is CCCCC1CCC(C(=O)N2CCOC(C(C)N)C2)CC1. The highest BCUT2D eigenvalue weighted by Gasteiger charge is 2.32. The molecule has 0 aromatic rings. The highest BCUT2D eigenvalue weighted by atomic mass is 16.5. The fourth-order valence-corrected chi connectivity index (χ4v) is 3.64. The monoisotopic (exact) mass is 296 g/mol. The van der Waals surface area contributed by atoms with E-state index in [9.17, 15) is 4.79 Å². The molecule has 0 radical (unpaired) electrons. The van der Waals surface area contributed by atoms with E-state index in [1.165, 1.54) is 32.1 Å². The van der Waals surface area contributed by atoms with Gasteiger partial charge in [-0.1, -0.05) is 26.2 Å². The first-order chi connectivity index (χ1) is 10.1. The number of unbranched alkanes of at least 4 members (excludes halogenated alkanes) is 1. The maximum absolute atomic E-state index is 12.7. The average Bonchev–Trinajstić information content (AvgIpc) is 2.53. The second-order valence-electron chi connectivity index (χ2n) is 6.91. The molecule has 0 aromatic carbocycles. The zero-order chi connectivity index (χ0) is 15.2. The van der Waals surface area contributed by atoms with Gasteiger partial charge in [-0.05, 0) is 38.5 Å². The van der Waals surface area contributed by atoms with Crippen molar-refractivity contribution in [1.82, 2.24) is 4.90 Å². The van der Waals surface area contributed by atoms with Crippen LogP contribution in [-0.4, -0.2) is 42.6 Å². The van der Waals surface area contributed by atoms with Crippen molar-refractivity contribution in [3.8, 4) is 0 Å². The summed E-state index contributed by atoms with van der Waals surface area (Å²) in [7, 11) is 0. The summed E-state index contributed by atoms with van der Waals surface area (Å²) in [6.07, 6.45) is 8.59. The summed E-state index contributed by atoms with van der Waals surface area (Å²) in [4.78, 5) is 14.7. The van der Waals surface area contributed by atoms with Gasteiger partial charge in [0.2, 0.25) is 5.91 Å². The number of hydrogen-bond donors (Lipinski definition) is 1. The Bertz CT molecular complexity index is 325. The lowest BCUT2D eigenvalue weighted by molar-refractivity contribution is -0.145. The van der Waals surface area contributed by atoms with Crippen molar-refractivity contribution in [3.63, 3.8) is 0 Å². The van der Waals surface area contributed by atoms with Crippen LogP contribution in [0.1, 0.15) is 58.8 Å². The zero-order valence-corrected chi connectivity index (χ0v) is 13.7. The molecule has 1 amide bonds. The van der Waals surface area contributed by atoms with Crippen LogP contribution in [0.4, 0.5) is 0 Å². The third kappa shape index (κ3) is 4.68. The molecule has 0 spiro atoms. The van der Waals surface area contributed by atoms with Crippen molar-refractivity contribution in [2.75, 3.05) is 19.7 Å². The lowest BCUT2D eigenvalue weighted by atomic mass is 9.79. The van der Waals surface area contributed by atoms with Gasteiger partial charge in [0.15, 0.2) is 0 Å². The fraction of sp³-hybridized carbons (Fsp3) is 0.941. The number of nitrogens with two attached hydrogens (primary N) is 1. The molecule has 4 nitrogen and oxygen atoms in total. The predicted octanol–water partition coefficient (Wildman–Crippen LogP) is 2.56. The molecule has 0 aromatic heterocycles. The normalized spacial score (nSPS) is 32.0. The first-order valence-corrected chi connectivity index (χ1v) is 8.77. The van der Waals surface area contributed by atoms with Gasteiger partial charge in [-0.2, -0.15) is 0 Å². The van der Waals surface area contributed by atoms with Crippen LogP contribution in [0.15, 0.2) is 0 Å². The van der Waals surface area contributed by atoms with Crippen molar-refractivity contribution in [2.24, 2.45) is 17.6 Å². The Morgan fingerprint density at radius 2 is 2.05 bits per heavy atom. The van der Waals surface area contributed by atoms with Gasteiger partial charge < -0.3 is 15.4 Å². The lowest BCUT2D eigenvalue weighted by Gasteiger charge is -2.38. The quantitative estimate of drug-likeness (QED) is 0.848. The van der Waals surface area contributed by atoms with Crippen LogP contribution < -0.4 is 5.73 Å². The molecule has 2 unspecified atom stereocenters. The molecule has 2 N–H and O–H groups in total. The third-order valence-electron chi connectivity index (χ3n) is 5.15. The highest BCUT2D eigenvalue weighted by molar-refractivity contribution is 5.79. The van der Waals surface area contributed by atoms with Gasteiger partial charge in [0.05, 0.1) is 12.7 Å². The average molecular weight is 296 g/mol. The minimum absolute atomic E-state index is 0.00333. The van der Waals surface area contributed by atoms with E-state index in [4.69, 9.17) is 10.5 Å². The zero-order valence-electron chi connectivity index (χ0n) is 13.7. The molecule has 4 heteroatoms. The summed E-state index contributed by atoms with van der Waals surface area (Å²) in [5.74, 6) is 1.45. The van der Waals surface area contributed by atoms with Crippen LogP contribution in [-0.2, 0) is 9.53 Å². The van der Waals surface area contributed by atoms with Gasteiger partial charge in [0.25, 0.3) is 0 Å². The molecular weight excluding hydrogens is 264 g/mol. The van der Waals surface area contributed by atoms with E-state index in [2.05, 4.69) is 6.92 Å². The highest BCUT2D eigenvalue weighted by Crippen LogP contribution is 2.33. The van der Waals surface area contributed by atoms with Crippen LogP contribution in [0, 0.1) is 11.8 Å². The molecular formula is C17H32N2O2. The lowest BCUT2D eigenvalue weighted by Crippen LogP contribution is -2.52. The van der Waals surface area contributed by atoms with E-state index in [-0.39, 0.29) is 18.1 Å². The van der Waals surface area contributed by atoms with Gasteiger partial charge in [-0.3, -0.25) is 4.79 Å². The number of ether oxygens (including phenoxy) is 1. The number of morpholine rings is 1. The van der Waals surface area contributed by atoms with Gasteiger partial charge in [-0.25, -0.2) is 0 Å². The van der Waals surface area contributed by atoms with Crippen molar-refractivity contribution < 1.29 is 9.53 Å². The molecule has 2 rings (SSSR count). The standard InChI is InChI=1S/C17H32N2O2/c1-3-4-5-14-6-8-15(9-7-14)17(20)19-10-11-21-16(12-19)13(2)18/h13-16H,3-12,18H2,1-2H3. The molecule has 1 heterocycles.